The van der Waals surface area contributed by atoms with E-state index in [2.05, 4.69) is 15.4 Å². The Bertz CT molecular complexity index is 481. The van der Waals surface area contributed by atoms with E-state index in [4.69, 9.17) is 5.73 Å². The van der Waals surface area contributed by atoms with Gasteiger partial charge in [-0.3, -0.25) is 9.67 Å². The lowest BCUT2D eigenvalue weighted by Crippen LogP contribution is -2.22. The number of hydrogen-bond donors (Lipinski definition) is 2. The molecule has 0 spiro atoms. The molecule has 0 radical (unpaired) electrons. The highest BCUT2D eigenvalue weighted by Gasteiger charge is 1.94. The van der Waals surface area contributed by atoms with Gasteiger partial charge in [0.2, 0.25) is 0 Å². The second-order valence-electron chi connectivity index (χ2n) is 3.88. The Labute approximate surface area is 129 Å². The number of rotatable bonds is 5. The van der Waals surface area contributed by atoms with Crippen LogP contribution in [0.2, 0.25) is 0 Å². The average molecular weight is 371 g/mol. The third kappa shape index (κ3) is 5.73. The molecule has 102 valence electrons. The molecule has 5 nitrogen and oxygen atoms in total. The maximum Gasteiger partial charge on any atom is 0.193 e. The van der Waals surface area contributed by atoms with Gasteiger partial charge in [0, 0.05) is 31.2 Å². The summed E-state index contributed by atoms with van der Waals surface area (Å²) in [4.78, 5) is 4.26. The summed E-state index contributed by atoms with van der Waals surface area (Å²) >= 11 is 0. The number of guanidine groups is 1. The molecule has 0 aliphatic carbocycles. The SMILES string of the molecule is I.NC(=NCCCn1cccn1)Nc1ccccc1. The minimum Gasteiger partial charge on any atom is -0.370 e. The van der Waals surface area contributed by atoms with Crippen molar-refractivity contribution in [2.45, 2.75) is 13.0 Å². The van der Waals surface area contributed by atoms with Gasteiger partial charge in [-0.15, -0.1) is 24.0 Å². The molecule has 0 amide bonds. The third-order valence-electron chi connectivity index (χ3n) is 2.43. The summed E-state index contributed by atoms with van der Waals surface area (Å²) in [7, 11) is 0. The summed E-state index contributed by atoms with van der Waals surface area (Å²) in [5.74, 6) is 0.446. The molecular formula is C13H18IN5. The summed E-state index contributed by atoms with van der Waals surface area (Å²) < 4.78 is 1.89. The van der Waals surface area contributed by atoms with Crippen LogP contribution in [0.4, 0.5) is 5.69 Å². The van der Waals surface area contributed by atoms with Crippen LogP contribution in [0, 0.1) is 0 Å². The second-order valence-corrected chi connectivity index (χ2v) is 3.88. The molecule has 0 bridgehead atoms. The van der Waals surface area contributed by atoms with Crippen LogP contribution in [0.5, 0.6) is 0 Å². The number of halogens is 1. The number of aromatic nitrogens is 2. The Morgan fingerprint density at radius 2 is 2.05 bits per heavy atom. The van der Waals surface area contributed by atoms with Gasteiger partial charge in [-0.05, 0) is 24.6 Å². The van der Waals surface area contributed by atoms with Crippen molar-refractivity contribution < 1.29 is 0 Å². The van der Waals surface area contributed by atoms with Gasteiger partial charge in [-0.25, -0.2) is 0 Å². The number of hydrogen-bond acceptors (Lipinski definition) is 2. The molecule has 19 heavy (non-hydrogen) atoms. The zero-order chi connectivity index (χ0) is 12.6. The average Bonchev–Trinajstić information content (AvgIpc) is 2.89. The molecule has 0 aliphatic heterocycles. The van der Waals surface area contributed by atoms with Crippen molar-refractivity contribution in [3.63, 3.8) is 0 Å². The largest absolute Gasteiger partial charge is 0.370 e. The molecule has 0 fully saturated rings. The van der Waals surface area contributed by atoms with Crippen LogP contribution in [0.1, 0.15) is 6.42 Å². The monoisotopic (exact) mass is 371 g/mol. The lowest BCUT2D eigenvalue weighted by atomic mass is 10.3. The fourth-order valence-corrected chi connectivity index (χ4v) is 1.57. The highest BCUT2D eigenvalue weighted by molar-refractivity contribution is 14.0. The van der Waals surface area contributed by atoms with Gasteiger partial charge in [-0.1, -0.05) is 18.2 Å². The van der Waals surface area contributed by atoms with Crippen molar-refractivity contribution in [3.8, 4) is 0 Å². The van der Waals surface area contributed by atoms with Crippen LogP contribution in [-0.2, 0) is 6.54 Å². The van der Waals surface area contributed by atoms with Gasteiger partial charge in [-0.2, -0.15) is 5.10 Å². The standard InChI is InChI=1S/C13H17N5.HI/c14-13(17-12-6-2-1-3-7-12)15-8-4-10-18-11-5-9-16-18;/h1-3,5-7,9,11H,4,8,10H2,(H3,14,15,17);1H. The first-order valence-corrected chi connectivity index (χ1v) is 5.94. The van der Waals surface area contributed by atoms with E-state index in [9.17, 15) is 0 Å². The minimum absolute atomic E-state index is 0. The number of nitrogens with one attached hydrogen (secondary N) is 1. The van der Waals surface area contributed by atoms with Crippen LogP contribution in [0.3, 0.4) is 0 Å². The van der Waals surface area contributed by atoms with E-state index in [0.717, 1.165) is 18.7 Å². The first-order chi connectivity index (χ1) is 8.84. The minimum atomic E-state index is 0. The van der Waals surface area contributed by atoms with Crippen molar-refractivity contribution >= 4 is 35.6 Å². The van der Waals surface area contributed by atoms with Crippen LogP contribution < -0.4 is 11.1 Å². The maximum atomic E-state index is 5.78. The molecule has 0 unspecified atom stereocenters. The van der Waals surface area contributed by atoms with Gasteiger partial charge in [0.1, 0.15) is 0 Å². The molecular weight excluding hydrogens is 353 g/mol. The Hall–Kier alpha value is -1.57. The molecule has 3 N–H and O–H groups in total. The fourth-order valence-electron chi connectivity index (χ4n) is 1.57. The molecule has 0 saturated heterocycles. The van der Waals surface area contributed by atoms with Crippen molar-refractivity contribution in [1.29, 1.82) is 0 Å². The number of para-hydroxylation sites is 1. The predicted octanol–water partition coefficient (Wildman–Crippen LogP) is 2.32. The van der Waals surface area contributed by atoms with E-state index in [1.165, 1.54) is 0 Å². The smallest absolute Gasteiger partial charge is 0.193 e. The highest BCUT2D eigenvalue weighted by atomic mass is 127. The van der Waals surface area contributed by atoms with Crippen molar-refractivity contribution in [3.05, 3.63) is 48.8 Å². The zero-order valence-electron chi connectivity index (χ0n) is 10.6. The summed E-state index contributed by atoms with van der Waals surface area (Å²) in [6.07, 6.45) is 4.63. The van der Waals surface area contributed by atoms with Crippen LogP contribution in [0.15, 0.2) is 53.8 Å². The van der Waals surface area contributed by atoms with Gasteiger partial charge < -0.3 is 11.1 Å². The lowest BCUT2D eigenvalue weighted by Gasteiger charge is -2.05. The summed E-state index contributed by atoms with van der Waals surface area (Å²) in [5, 5.41) is 7.16. The number of benzene rings is 1. The van der Waals surface area contributed by atoms with E-state index >= 15 is 0 Å². The van der Waals surface area contributed by atoms with Gasteiger partial charge in [0.05, 0.1) is 0 Å². The Morgan fingerprint density at radius 3 is 2.74 bits per heavy atom. The molecule has 1 aromatic heterocycles. The van der Waals surface area contributed by atoms with E-state index in [-0.39, 0.29) is 24.0 Å². The van der Waals surface area contributed by atoms with Gasteiger partial charge >= 0.3 is 0 Å². The molecule has 2 aromatic rings. The second kappa shape index (κ2) is 8.52. The lowest BCUT2D eigenvalue weighted by molar-refractivity contribution is 0.585. The Morgan fingerprint density at radius 1 is 1.26 bits per heavy atom. The fraction of sp³-hybridized carbons (Fsp3) is 0.231. The number of nitrogens with zero attached hydrogens (tertiary/aromatic N) is 3. The molecule has 0 aliphatic rings. The number of aryl methyl sites for hydroxylation is 1. The third-order valence-corrected chi connectivity index (χ3v) is 2.43. The van der Waals surface area contributed by atoms with E-state index in [0.29, 0.717) is 12.5 Å². The molecule has 1 aromatic carbocycles. The van der Waals surface area contributed by atoms with Crippen molar-refractivity contribution in [2.75, 3.05) is 11.9 Å². The number of anilines is 1. The van der Waals surface area contributed by atoms with Gasteiger partial charge in [0.15, 0.2) is 5.96 Å². The first kappa shape index (κ1) is 15.5. The summed E-state index contributed by atoms with van der Waals surface area (Å²) in [6.45, 7) is 1.54. The topological polar surface area (TPSA) is 68.2 Å². The first-order valence-electron chi connectivity index (χ1n) is 5.94. The molecule has 0 saturated carbocycles. The van der Waals surface area contributed by atoms with Crippen molar-refractivity contribution in [2.24, 2.45) is 10.7 Å². The van der Waals surface area contributed by atoms with Crippen molar-refractivity contribution in [1.82, 2.24) is 9.78 Å². The molecule has 6 heteroatoms. The number of aliphatic imine (C=N–C) groups is 1. The van der Waals surface area contributed by atoms with Crippen LogP contribution >= 0.6 is 24.0 Å². The Kier molecular flexibility index (Phi) is 6.94. The maximum absolute atomic E-state index is 5.78. The number of nitrogens with two attached hydrogens (primary N) is 1. The molecule has 2 rings (SSSR count). The predicted molar refractivity (Wildman–Crippen MR) is 88.8 cm³/mol. The van der Waals surface area contributed by atoms with E-state index in [1.807, 2.05) is 47.3 Å². The molecule has 1 heterocycles. The Balaban J connectivity index is 0.00000180. The zero-order valence-corrected chi connectivity index (χ0v) is 12.9. The normalized spacial score (nSPS) is 10.8. The van der Waals surface area contributed by atoms with E-state index < -0.39 is 0 Å². The summed E-state index contributed by atoms with van der Waals surface area (Å²) in [6, 6.07) is 11.7. The highest BCUT2D eigenvalue weighted by Crippen LogP contribution is 2.03. The van der Waals surface area contributed by atoms with Crippen LogP contribution in [-0.4, -0.2) is 22.3 Å². The molecule has 0 atom stereocenters. The van der Waals surface area contributed by atoms with Gasteiger partial charge in [0.25, 0.3) is 0 Å². The summed E-state index contributed by atoms with van der Waals surface area (Å²) in [5.41, 5.74) is 6.73. The van der Waals surface area contributed by atoms with Crippen LogP contribution in [0.25, 0.3) is 0 Å². The van der Waals surface area contributed by atoms with E-state index in [1.54, 1.807) is 6.20 Å². The quantitative estimate of drug-likeness (QED) is 0.367.